The predicted molar refractivity (Wildman–Crippen MR) is 81.7 cm³/mol. The van der Waals surface area contributed by atoms with Crippen molar-refractivity contribution in [2.75, 3.05) is 11.5 Å². The van der Waals surface area contributed by atoms with E-state index in [1.807, 2.05) is 0 Å². The van der Waals surface area contributed by atoms with Crippen LogP contribution in [0.3, 0.4) is 0 Å². The zero-order valence-electron chi connectivity index (χ0n) is 11.0. The first-order valence-electron chi connectivity index (χ1n) is 6.41. The van der Waals surface area contributed by atoms with Crippen molar-refractivity contribution in [3.63, 3.8) is 0 Å². The van der Waals surface area contributed by atoms with Crippen LogP contribution in [0.4, 0.5) is 10.1 Å². The number of anilines is 1. The standard InChI is InChI=1S/C15H13ClFNO2S/c16-13-7-11(18)2-4-15(13)21(19)8-12-6-9-5-10(17)1-3-14(9)20-12/h1-5,7,12H,6,8,18H2. The highest BCUT2D eigenvalue weighted by molar-refractivity contribution is 7.85. The van der Waals surface area contributed by atoms with Crippen molar-refractivity contribution in [1.29, 1.82) is 0 Å². The molecule has 6 heteroatoms. The van der Waals surface area contributed by atoms with Gasteiger partial charge in [0.1, 0.15) is 17.7 Å². The summed E-state index contributed by atoms with van der Waals surface area (Å²) < 4.78 is 31.2. The van der Waals surface area contributed by atoms with Crippen LogP contribution in [-0.2, 0) is 17.2 Å². The lowest BCUT2D eigenvalue weighted by atomic mass is 10.1. The first kappa shape index (κ1) is 14.4. The predicted octanol–water partition coefficient (Wildman–Crippen LogP) is 3.17. The summed E-state index contributed by atoms with van der Waals surface area (Å²) in [5, 5.41) is 0.384. The zero-order valence-corrected chi connectivity index (χ0v) is 12.6. The molecule has 0 fully saturated rings. The Morgan fingerprint density at radius 1 is 1.33 bits per heavy atom. The maximum atomic E-state index is 13.2. The minimum atomic E-state index is -1.29. The molecule has 3 nitrogen and oxygen atoms in total. The van der Waals surface area contributed by atoms with E-state index in [1.165, 1.54) is 12.1 Å². The van der Waals surface area contributed by atoms with E-state index in [4.69, 9.17) is 22.1 Å². The summed E-state index contributed by atoms with van der Waals surface area (Å²) in [6, 6.07) is 9.32. The zero-order chi connectivity index (χ0) is 15.0. The summed E-state index contributed by atoms with van der Waals surface area (Å²) in [7, 11) is -1.29. The molecule has 0 spiro atoms. The Hall–Kier alpha value is -1.59. The van der Waals surface area contributed by atoms with E-state index in [9.17, 15) is 8.60 Å². The monoisotopic (exact) mass is 325 g/mol. The summed E-state index contributed by atoms with van der Waals surface area (Å²) >= 11 is 6.06. The highest BCUT2D eigenvalue weighted by Gasteiger charge is 2.26. The number of benzene rings is 2. The van der Waals surface area contributed by atoms with E-state index >= 15 is 0 Å². The molecular weight excluding hydrogens is 313 g/mol. The van der Waals surface area contributed by atoms with E-state index in [1.54, 1.807) is 24.3 Å². The van der Waals surface area contributed by atoms with Gasteiger partial charge in [0.25, 0.3) is 0 Å². The van der Waals surface area contributed by atoms with Crippen LogP contribution >= 0.6 is 11.6 Å². The topological polar surface area (TPSA) is 52.3 Å². The fourth-order valence-electron chi connectivity index (χ4n) is 2.34. The van der Waals surface area contributed by atoms with Crippen molar-refractivity contribution >= 4 is 28.1 Å². The van der Waals surface area contributed by atoms with Crippen LogP contribution in [0.1, 0.15) is 5.56 Å². The van der Waals surface area contributed by atoms with Crippen LogP contribution in [0.15, 0.2) is 41.3 Å². The third-order valence-electron chi connectivity index (χ3n) is 3.30. The molecule has 2 atom stereocenters. The Kier molecular flexibility index (Phi) is 3.87. The Labute approximate surface area is 129 Å². The minimum Gasteiger partial charge on any atom is -0.489 e. The molecule has 2 aromatic carbocycles. The van der Waals surface area contributed by atoms with Gasteiger partial charge in [-0.1, -0.05) is 11.6 Å². The van der Waals surface area contributed by atoms with E-state index in [-0.39, 0.29) is 11.9 Å². The smallest absolute Gasteiger partial charge is 0.123 e. The van der Waals surface area contributed by atoms with Crippen molar-refractivity contribution in [2.45, 2.75) is 17.4 Å². The molecule has 21 heavy (non-hydrogen) atoms. The molecule has 2 unspecified atom stereocenters. The highest BCUT2D eigenvalue weighted by Crippen LogP contribution is 2.31. The van der Waals surface area contributed by atoms with Gasteiger partial charge < -0.3 is 10.5 Å². The first-order chi connectivity index (χ1) is 10.0. The van der Waals surface area contributed by atoms with Gasteiger partial charge in [-0.15, -0.1) is 0 Å². The molecule has 1 heterocycles. The maximum Gasteiger partial charge on any atom is 0.123 e. The van der Waals surface area contributed by atoms with Crippen molar-refractivity contribution in [3.05, 3.63) is 52.8 Å². The molecule has 0 aromatic heterocycles. The van der Waals surface area contributed by atoms with Gasteiger partial charge in [-0.2, -0.15) is 0 Å². The normalized spacial score (nSPS) is 18.1. The van der Waals surface area contributed by atoms with Crippen LogP contribution in [0.25, 0.3) is 0 Å². The van der Waals surface area contributed by atoms with Crippen LogP contribution in [-0.4, -0.2) is 16.1 Å². The summed E-state index contributed by atoms with van der Waals surface area (Å²) in [4.78, 5) is 0.539. The second kappa shape index (κ2) is 5.66. The van der Waals surface area contributed by atoms with Crippen molar-refractivity contribution < 1.29 is 13.3 Å². The van der Waals surface area contributed by atoms with Gasteiger partial charge in [-0.3, -0.25) is 4.21 Å². The van der Waals surface area contributed by atoms with Gasteiger partial charge in [0.05, 0.1) is 26.5 Å². The SMILES string of the molecule is Nc1ccc(S(=O)CC2Cc3cc(F)ccc3O2)c(Cl)c1. The Balaban J connectivity index is 1.72. The van der Waals surface area contributed by atoms with Gasteiger partial charge in [0, 0.05) is 17.7 Å². The maximum absolute atomic E-state index is 13.2. The van der Waals surface area contributed by atoms with Crippen LogP contribution in [0, 0.1) is 5.82 Å². The summed E-state index contributed by atoms with van der Waals surface area (Å²) in [6.07, 6.45) is 0.307. The van der Waals surface area contributed by atoms with Gasteiger partial charge >= 0.3 is 0 Å². The number of hydrogen-bond donors (Lipinski definition) is 1. The Morgan fingerprint density at radius 3 is 2.90 bits per heavy atom. The second-order valence-corrected chi connectivity index (χ2v) is 6.77. The first-order valence-corrected chi connectivity index (χ1v) is 8.11. The summed E-state index contributed by atoms with van der Waals surface area (Å²) in [6.45, 7) is 0. The fraction of sp³-hybridized carbons (Fsp3) is 0.200. The average molecular weight is 326 g/mol. The molecule has 2 N–H and O–H groups in total. The summed E-state index contributed by atoms with van der Waals surface area (Å²) in [5.74, 6) is 0.669. The van der Waals surface area contributed by atoms with E-state index in [0.29, 0.717) is 33.5 Å². The molecule has 0 radical (unpaired) electrons. The van der Waals surface area contributed by atoms with Crippen molar-refractivity contribution in [1.82, 2.24) is 0 Å². The molecule has 110 valence electrons. The molecule has 0 bridgehead atoms. The highest BCUT2D eigenvalue weighted by atomic mass is 35.5. The Bertz CT molecular complexity index is 723. The van der Waals surface area contributed by atoms with E-state index < -0.39 is 10.8 Å². The van der Waals surface area contributed by atoms with Gasteiger partial charge in [0.15, 0.2) is 0 Å². The molecule has 0 saturated carbocycles. The fourth-order valence-corrected chi connectivity index (χ4v) is 3.99. The van der Waals surface area contributed by atoms with E-state index in [0.717, 1.165) is 5.56 Å². The molecule has 0 amide bonds. The second-order valence-electron chi connectivity index (χ2n) is 4.90. The van der Waals surface area contributed by atoms with Gasteiger partial charge in [-0.05, 0) is 36.4 Å². The van der Waals surface area contributed by atoms with Gasteiger partial charge in [-0.25, -0.2) is 4.39 Å². The molecule has 3 rings (SSSR count). The minimum absolute atomic E-state index is 0.240. The van der Waals surface area contributed by atoms with Crippen LogP contribution in [0.2, 0.25) is 5.02 Å². The molecule has 1 aliphatic rings. The summed E-state index contributed by atoms with van der Waals surface area (Å²) in [5.41, 5.74) is 6.95. The van der Waals surface area contributed by atoms with Crippen LogP contribution in [0.5, 0.6) is 5.75 Å². The lowest BCUT2D eigenvalue weighted by Crippen LogP contribution is -2.21. The Morgan fingerprint density at radius 2 is 2.14 bits per heavy atom. The van der Waals surface area contributed by atoms with Crippen molar-refractivity contribution in [2.24, 2.45) is 0 Å². The van der Waals surface area contributed by atoms with Gasteiger partial charge in [0.2, 0.25) is 0 Å². The third kappa shape index (κ3) is 3.04. The number of ether oxygens (including phenoxy) is 1. The number of nitrogens with two attached hydrogens (primary N) is 1. The number of halogens is 2. The lowest BCUT2D eigenvalue weighted by molar-refractivity contribution is 0.258. The molecule has 0 saturated heterocycles. The average Bonchev–Trinajstić information content (AvgIpc) is 2.79. The largest absolute Gasteiger partial charge is 0.489 e. The molecular formula is C15H13ClFNO2S. The van der Waals surface area contributed by atoms with Crippen LogP contribution < -0.4 is 10.5 Å². The molecule has 2 aromatic rings. The van der Waals surface area contributed by atoms with E-state index in [2.05, 4.69) is 0 Å². The number of fused-ring (bicyclic) bond motifs is 1. The third-order valence-corrected chi connectivity index (χ3v) is 5.25. The lowest BCUT2D eigenvalue weighted by Gasteiger charge is -2.11. The molecule has 1 aliphatic heterocycles. The number of hydrogen-bond acceptors (Lipinski definition) is 3. The number of rotatable bonds is 3. The quantitative estimate of drug-likeness (QED) is 0.882. The van der Waals surface area contributed by atoms with Crippen molar-refractivity contribution in [3.8, 4) is 5.75 Å². The number of nitrogen functional groups attached to an aromatic ring is 1. The molecule has 0 aliphatic carbocycles.